The van der Waals surface area contributed by atoms with Gasteiger partial charge in [0.1, 0.15) is 5.52 Å². The smallest absolute Gasteiger partial charge is 0.382 e. The Kier molecular flexibility index (Phi) is 4.19. The van der Waals surface area contributed by atoms with Crippen molar-refractivity contribution < 1.29 is 18.9 Å². The van der Waals surface area contributed by atoms with Gasteiger partial charge in [0.25, 0.3) is 0 Å². The van der Waals surface area contributed by atoms with E-state index in [0.29, 0.717) is 30.6 Å². The van der Waals surface area contributed by atoms with E-state index in [4.69, 9.17) is 21.3 Å². The number of imidazole rings is 1. The number of phosphoric ester groups is 1. The predicted molar refractivity (Wildman–Crippen MR) is 71.4 cm³/mol. The van der Waals surface area contributed by atoms with E-state index in [9.17, 15) is 4.57 Å². The molecule has 11 heteroatoms. The molecule has 20 heavy (non-hydrogen) atoms. The highest BCUT2D eigenvalue weighted by atomic mass is 31.2. The van der Waals surface area contributed by atoms with E-state index in [0.717, 1.165) is 0 Å². The van der Waals surface area contributed by atoms with E-state index in [2.05, 4.69) is 19.5 Å². The topological polar surface area (TPSA) is 162 Å². The fourth-order valence-electron chi connectivity index (χ4n) is 1.71. The van der Waals surface area contributed by atoms with Gasteiger partial charge in [0.15, 0.2) is 11.5 Å². The van der Waals surface area contributed by atoms with Crippen LogP contribution in [-0.4, -0.2) is 35.9 Å². The second-order valence-electron chi connectivity index (χ2n) is 4.11. The fraction of sp³-hybridized carbons (Fsp3) is 0.444. The van der Waals surface area contributed by atoms with Gasteiger partial charge in [-0.1, -0.05) is 0 Å². The van der Waals surface area contributed by atoms with Crippen LogP contribution in [0.25, 0.3) is 11.2 Å². The first kappa shape index (κ1) is 14.7. The number of rotatable bonds is 6. The minimum absolute atomic E-state index is 0.0177. The van der Waals surface area contributed by atoms with Crippen molar-refractivity contribution in [1.82, 2.24) is 19.5 Å². The lowest BCUT2D eigenvalue weighted by Crippen LogP contribution is -2.04. The van der Waals surface area contributed by atoms with Crippen LogP contribution in [0, 0.1) is 0 Å². The number of nitrogen functional groups attached to an aromatic ring is 2. The molecule has 2 rings (SSSR count). The zero-order valence-corrected chi connectivity index (χ0v) is 11.4. The van der Waals surface area contributed by atoms with Crippen molar-refractivity contribution in [3.63, 3.8) is 0 Å². The summed E-state index contributed by atoms with van der Waals surface area (Å²) in [6.07, 6.45) is 2.69. The highest BCUT2D eigenvalue weighted by molar-refractivity contribution is 7.46. The molecule has 0 aromatic carbocycles. The second-order valence-corrected chi connectivity index (χ2v) is 5.35. The molecule has 2 heterocycles. The van der Waals surface area contributed by atoms with Gasteiger partial charge < -0.3 is 25.8 Å². The van der Waals surface area contributed by atoms with Gasteiger partial charge in [0.2, 0.25) is 5.95 Å². The third-order valence-corrected chi connectivity index (χ3v) is 3.08. The van der Waals surface area contributed by atoms with E-state index < -0.39 is 7.82 Å². The summed E-state index contributed by atoms with van der Waals surface area (Å²) in [7, 11) is -4.39. The lowest BCUT2D eigenvalue weighted by molar-refractivity contribution is 0.193. The Labute approximate surface area is 114 Å². The molecule has 110 valence electrons. The van der Waals surface area contributed by atoms with Crippen molar-refractivity contribution in [3.8, 4) is 0 Å². The summed E-state index contributed by atoms with van der Waals surface area (Å²) in [5, 5.41) is 0. The van der Waals surface area contributed by atoms with Gasteiger partial charge in [0.05, 0.1) is 12.9 Å². The molecule has 0 atom stereocenters. The quantitative estimate of drug-likeness (QED) is 0.420. The molecule has 0 amide bonds. The van der Waals surface area contributed by atoms with Crippen LogP contribution in [0.5, 0.6) is 0 Å². The van der Waals surface area contributed by atoms with Crippen molar-refractivity contribution in [2.24, 2.45) is 0 Å². The first-order valence-electron chi connectivity index (χ1n) is 5.81. The van der Waals surface area contributed by atoms with Gasteiger partial charge >= 0.3 is 7.82 Å². The summed E-state index contributed by atoms with van der Waals surface area (Å²) >= 11 is 0. The molecule has 2 aromatic heterocycles. The third-order valence-electron chi connectivity index (χ3n) is 2.56. The molecule has 6 N–H and O–H groups in total. The third kappa shape index (κ3) is 3.64. The highest BCUT2D eigenvalue weighted by Crippen LogP contribution is 2.35. The molecule has 2 aromatic rings. The van der Waals surface area contributed by atoms with Crippen molar-refractivity contribution in [2.45, 2.75) is 19.4 Å². The molecule has 0 fully saturated rings. The molecule has 0 aliphatic carbocycles. The minimum Gasteiger partial charge on any atom is -0.382 e. The van der Waals surface area contributed by atoms with Gasteiger partial charge in [-0.25, -0.2) is 9.55 Å². The zero-order chi connectivity index (χ0) is 14.8. The Balaban J connectivity index is 1.95. The summed E-state index contributed by atoms with van der Waals surface area (Å²) in [5.74, 6) is 0.290. The number of phosphoric acid groups is 1. The standard InChI is InChI=1S/C9H15N6O4P/c10-7-6-8(14-9(11)13-7)15(5-12-6)3-1-2-4-19-20(16,17)18/h5H,1-4H2,(H2,16,17,18)(H4,10,11,13,14). The molecule has 0 saturated carbocycles. The van der Waals surface area contributed by atoms with Gasteiger partial charge in [-0.2, -0.15) is 9.97 Å². The minimum atomic E-state index is -4.39. The molecular weight excluding hydrogens is 287 g/mol. The maximum atomic E-state index is 10.5. The number of hydrogen-bond donors (Lipinski definition) is 4. The first-order chi connectivity index (χ1) is 9.37. The number of unbranched alkanes of at least 4 members (excludes halogenated alkanes) is 1. The summed E-state index contributed by atoms with van der Waals surface area (Å²) in [4.78, 5) is 29.0. The monoisotopic (exact) mass is 302 g/mol. The molecule has 0 bridgehead atoms. The zero-order valence-electron chi connectivity index (χ0n) is 10.5. The van der Waals surface area contributed by atoms with Crippen LogP contribution in [0.15, 0.2) is 6.33 Å². The first-order valence-corrected chi connectivity index (χ1v) is 7.34. The van der Waals surface area contributed by atoms with Crippen LogP contribution < -0.4 is 11.5 Å². The van der Waals surface area contributed by atoms with Gasteiger partial charge in [-0.15, -0.1) is 0 Å². The number of nitrogens with two attached hydrogens (primary N) is 2. The number of aromatic nitrogens is 4. The molecule has 0 unspecified atom stereocenters. The average Bonchev–Trinajstić information content (AvgIpc) is 2.70. The number of fused-ring (bicyclic) bond motifs is 1. The summed E-state index contributed by atoms with van der Waals surface area (Å²) in [6, 6.07) is 0. The summed E-state index contributed by atoms with van der Waals surface area (Å²) in [6.45, 7) is 0.535. The van der Waals surface area contributed by atoms with Crippen molar-refractivity contribution in [1.29, 1.82) is 0 Å². The number of aryl methyl sites for hydroxylation is 1. The maximum Gasteiger partial charge on any atom is 0.469 e. The highest BCUT2D eigenvalue weighted by Gasteiger charge is 2.13. The van der Waals surface area contributed by atoms with Crippen molar-refractivity contribution >= 4 is 30.8 Å². The average molecular weight is 302 g/mol. The summed E-state index contributed by atoms with van der Waals surface area (Å²) < 4.78 is 16.6. The normalized spacial score (nSPS) is 12.1. The Morgan fingerprint density at radius 1 is 1.30 bits per heavy atom. The Morgan fingerprint density at radius 3 is 2.75 bits per heavy atom. The molecule has 10 nitrogen and oxygen atoms in total. The Morgan fingerprint density at radius 2 is 2.05 bits per heavy atom. The van der Waals surface area contributed by atoms with Crippen LogP contribution in [0.4, 0.5) is 11.8 Å². The SMILES string of the molecule is Nc1nc(N)c2ncn(CCCCOP(=O)(O)O)c2n1. The number of anilines is 2. The molecular formula is C9H15N6O4P. The van der Waals surface area contributed by atoms with Crippen LogP contribution in [-0.2, 0) is 15.6 Å². The van der Waals surface area contributed by atoms with Crippen LogP contribution >= 0.6 is 7.82 Å². The van der Waals surface area contributed by atoms with Crippen LogP contribution in [0.3, 0.4) is 0 Å². The van der Waals surface area contributed by atoms with E-state index in [1.54, 1.807) is 10.9 Å². The van der Waals surface area contributed by atoms with Gasteiger partial charge in [-0.3, -0.25) is 4.52 Å². The van der Waals surface area contributed by atoms with Crippen molar-refractivity contribution in [2.75, 3.05) is 18.1 Å². The summed E-state index contributed by atoms with van der Waals surface area (Å²) in [5.41, 5.74) is 12.2. The van der Waals surface area contributed by atoms with E-state index in [1.807, 2.05) is 0 Å². The lowest BCUT2D eigenvalue weighted by Gasteiger charge is -2.06. The van der Waals surface area contributed by atoms with E-state index in [1.165, 1.54) is 0 Å². The Bertz CT molecular complexity index is 653. The number of hydrogen-bond acceptors (Lipinski definition) is 7. The lowest BCUT2D eigenvalue weighted by atomic mass is 10.3. The van der Waals surface area contributed by atoms with Crippen LogP contribution in [0.2, 0.25) is 0 Å². The fourth-order valence-corrected chi connectivity index (χ4v) is 2.08. The van der Waals surface area contributed by atoms with Crippen LogP contribution in [0.1, 0.15) is 12.8 Å². The molecule has 0 aliphatic heterocycles. The van der Waals surface area contributed by atoms with Gasteiger partial charge in [-0.05, 0) is 12.8 Å². The molecule has 0 radical (unpaired) electrons. The molecule has 0 aliphatic rings. The maximum absolute atomic E-state index is 10.5. The molecule has 0 spiro atoms. The largest absolute Gasteiger partial charge is 0.469 e. The van der Waals surface area contributed by atoms with Gasteiger partial charge in [0, 0.05) is 6.54 Å². The Hall–Kier alpha value is -1.74. The second kappa shape index (κ2) is 5.71. The van der Waals surface area contributed by atoms with E-state index >= 15 is 0 Å². The van der Waals surface area contributed by atoms with E-state index in [-0.39, 0.29) is 18.4 Å². The van der Waals surface area contributed by atoms with Crippen molar-refractivity contribution in [3.05, 3.63) is 6.33 Å². The molecule has 0 saturated heterocycles. The predicted octanol–water partition coefficient (Wildman–Crippen LogP) is -0.120. The number of nitrogens with zero attached hydrogens (tertiary/aromatic N) is 4.